The molecule has 1 aliphatic rings. The Morgan fingerprint density at radius 1 is 1.12 bits per heavy atom. The summed E-state index contributed by atoms with van der Waals surface area (Å²) in [5.74, 6) is 0.908. The lowest BCUT2D eigenvalue weighted by Crippen LogP contribution is -2.40. The molecule has 0 spiro atoms. The molecule has 1 aromatic heterocycles. The molecule has 0 fully saturated rings. The second kappa shape index (κ2) is 6.81. The van der Waals surface area contributed by atoms with Crippen molar-refractivity contribution < 1.29 is 0 Å². The van der Waals surface area contributed by atoms with Crippen molar-refractivity contribution in [2.45, 2.75) is 13.0 Å². The average molecular weight is 331 g/mol. The van der Waals surface area contributed by atoms with E-state index in [-0.39, 0.29) is 0 Å². The van der Waals surface area contributed by atoms with Crippen LogP contribution in [0.3, 0.4) is 0 Å². The van der Waals surface area contributed by atoms with E-state index >= 15 is 0 Å². The fourth-order valence-corrected chi connectivity index (χ4v) is 3.34. The highest BCUT2D eigenvalue weighted by Crippen LogP contribution is 2.27. The number of anilines is 1. The van der Waals surface area contributed by atoms with E-state index < -0.39 is 0 Å². The Kier molecular flexibility index (Phi) is 4.21. The van der Waals surface area contributed by atoms with E-state index in [4.69, 9.17) is 0 Å². The van der Waals surface area contributed by atoms with E-state index in [1.165, 1.54) is 16.8 Å². The molecule has 0 aliphatic carbocycles. The molecule has 4 rings (SSSR count). The van der Waals surface area contributed by atoms with Crippen molar-refractivity contribution in [2.75, 3.05) is 18.5 Å². The van der Waals surface area contributed by atoms with Gasteiger partial charge in [0.25, 0.3) is 0 Å². The van der Waals surface area contributed by atoms with Gasteiger partial charge in [0.2, 0.25) is 0 Å². The van der Waals surface area contributed by atoms with Crippen LogP contribution in [0.4, 0.5) is 5.69 Å². The second-order valence-corrected chi connectivity index (χ2v) is 6.03. The van der Waals surface area contributed by atoms with Crippen molar-refractivity contribution in [2.24, 2.45) is 4.99 Å². The summed E-state index contributed by atoms with van der Waals surface area (Å²) in [5, 5.41) is 3.51. The van der Waals surface area contributed by atoms with Crippen molar-refractivity contribution in [3.63, 3.8) is 0 Å². The summed E-state index contributed by atoms with van der Waals surface area (Å²) in [7, 11) is 1.84. The molecule has 0 unspecified atom stereocenters. The number of aromatic nitrogens is 2. The first-order valence-electron chi connectivity index (χ1n) is 8.49. The van der Waals surface area contributed by atoms with Crippen molar-refractivity contribution >= 4 is 11.6 Å². The fourth-order valence-electron chi connectivity index (χ4n) is 3.34. The third kappa shape index (κ3) is 3.01. The highest BCUT2D eigenvalue weighted by Gasteiger charge is 2.22. The lowest BCUT2D eigenvalue weighted by Gasteiger charge is -2.23. The van der Waals surface area contributed by atoms with E-state index in [1.54, 1.807) is 6.20 Å². The van der Waals surface area contributed by atoms with E-state index in [0.29, 0.717) is 6.54 Å². The van der Waals surface area contributed by atoms with Crippen molar-refractivity contribution in [1.29, 1.82) is 0 Å². The number of benzene rings is 2. The van der Waals surface area contributed by atoms with E-state index in [2.05, 4.69) is 62.7 Å². The molecule has 25 heavy (non-hydrogen) atoms. The fraction of sp³-hybridized carbons (Fsp3) is 0.200. The van der Waals surface area contributed by atoms with Crippen LogP contribution in [0.15, 0.2) is 72.2 Å². The topological polar surface area (TPSA) is 45.5 Å². The molecular weight excluding hydrogens is 310 g/mol. The molecular formula is C20H21N5. The molecule has 1 aliphatic heterocycles. The Balaban J connectivity index is 1.54. The maximum absolute atomic E-state index is 4.49. The Hall–Kier alpha value is -3.08. The number of fused-ring (bicyclic) bond motifs is 1. The Labute approximate surface area is 147 Å². The monoisotopic (exact) mass is 331 g/mol. The minimum atomic E-state index is 0.708. The summed E-state index contributed by atoms with van der Waals surface area (Å²) in [5.41, 5.74) is 4.96. The molecule has 0 saturated carbocycles. The van der Waals surface area contributed by atoms with Crippen molar-refractivity contribution in [3.8, 4) is 5.69 Å². The minimum absolute atomic E-state index is 0.708. The van der Waals surface area contributed by atoms with E-state index in [0.717, 1.165) is 24.6 Å². The number of nitrogens with one attached hydrogen (secondary N) is 1. The molecule has 0 radical (unpaired) electrons. The summed E-state index contributed by atoms with van der Waals surface area (Å²) < 4.78 is 2.03. The number of hydrogen-bond acceptors (Lipinski definition) is 2. The third-order valence-corrected chi connectivity index (χ3v) is 4.57. The molecule has 1 N–H and O–H groups in total. The lowest BCUT2D eigenvalue weighted by atomic mass is 10.1. The standard InChI is InChI=1S/C20H21N5/c1-21-20(25-12-10-16-6-2-5-9-19(16)25)23-14-17-7-3-4-8-18(17)24-13-11-22-15-24/h2-9,11,13,15H,10,12,14H2,1H3,(H,21,23). The number of aliphatic imine (C=N–C) groups is 1. The van der Waals surface area contributed by atoms with Gasteiger partial charge in [0.15, 0.2) is 5.96 Å². The molecule has 0 bridgehead atoms. The summed E-state index contributed by atoms with van der Waals surface area (Å²) in [6.45, 7) is 1.67. The first-order valence-corrected chi connectivity index (χ1v) is 8.49. The number of guanidine groups is 1. The van der Waals surface area contributed by atoms with Crippen molar-refractivity contribution in [1.82, 2.24) is 14.9 Å². The first kappa shape index (κ1) is 15.4. The molecule has 0 amide bonds. The number of imidazole rings is 1. The highest BCUT2D eigenvalue weighted by molar-refractivity contribution is 5.97. The number of hydrogen-bond donors (Lipinski definition) is 1. The number of para-hydroxylation sites is 2. The molecule has 126 valence electrons. The predicted molar refractivity (Wildman–Crippen MR) is 101 cm³/mol. The van der Waals surface area contributed by atoms with Gasteiger partial charge in [-0.3, -0.25) is 4.99 Å². The summed E-state index contributed by atoms with van der Waals surface area (Å²) in [6.07, 6.45) is 6.64. The lowest BCUT2D eigenvalue weighted by molar-refractivity contribution is 0.854. The molecule has 5 heteroatoms. The third-order valence-electron chi connectivity index (χ3n) is 4.57. The minimum Gasteiger partial charge on any atom is -0.352 e. The molecule has 0 atom stereocenters. The average Bonchev–Trinajstić information content (AvgIpc) is 3.33. The van der Waals surface area contributed by atoms with Gasteiger partial charge in [-0.2, -0.15) is 0 Å². The zero-order valence-electron chi connectivity index (χ0n) is 14.3. The first-order chi connectivity index (χ1) is 12.4. The zero-order valence-corrected chi connectivity index (χ0v) is 14.3. The summed E-state index contributed by atoms with van der Waals surface area (Å²) in [6, 6.07) is 16.9. The molecule has 2 aromatic carbocycles. The van der Waals surface area contributed by atoms with Crippen molar-refractivity contribution in [3.05, 3.63) is 78.4 Å². The van der Waals surface area contributed by atoms with E-state index in [1.807, 2.05) is 30.2 Å². The van der Waals surface area contributed by atoms with Crippen LogP contribution in [0.2, 0.25) is 0 Å². The zero-order chi connectivity index (χ0) is 17.1. The Morgan fingerprint density at radius 3 is 2.72 bits per heavy atom. The van der Waals surface area contributed by atoms with Crippen LogP contribution in [0, 0.1) is 0 Å². The Bertz CT molecular complexity index is 883. The van der Waals surface area contributed by atoms with Gasteiger partial charge in [-0.05, 0) is 29.7 Å². The van der Waals surface area contributed by atoms with Crippen LogP contribution in [0.25, 0.3) is 5.69 Å². The summed E-state index contributed by atoms with van der Waals surface area (Å²) >= 11 is 0. The SMILES string of the molecule is CN=C(NCc1ccccc1-n1ccnc1)N1CCc2ccccc21. The van der Waals surface area contributed by atoms with Crippen LogP contribution in [-0.2, 0) is 13.0 Å². The van der Waals surface area contributed by atoms with Crippen LogP contribution >= 0.6 is 0 Å². The van der Waals surface area contributed by atoms with Crippen LogP contribution < -0.4 is 10.2 Å². The normalized spacial score (nSPS) is 13.8. The number of rotatable bonds is 3. The maximum Gasteiger partial charge on any atom is 0.198 e. The van der Waals surface area contributed by atoms with Gasteiger partial charge in [0, 0.05) is 38.2 Å². The van der Waals surface area contributed by atoms with Gasteiger partial charge in [0.1, 0.15) is 0 Å². The largest absolute Gasteiger partial charge is 0.352 e. The van der Waals surface area contributed by atoms with Gasteiger partial charge >= 0.3 is 0 Å². The molecule has 3 aromatic rings. The predicted octanol–water partition coefficient (Wildman–Crippen LogP) is 3.01. The van der Waals surface area contributed by atoms with Gasteiger partial charge < -0.3 is 14.8 Å². The summed E-state index contributed by atoms with van der Waals surface area (Å²) in [4.78, 5) is 10.9. The van der Waals surface area contributed by atoms with Gasteiger partial charge in [-0.1, -0.05) is 36.4 Å². The highest BCUT2D eigenvalue weighted by atomic mass is 15.3. The molecule has 0 saturated heterocycles. The second-order valence-electron chi connectivity index (χ2n) is 6.03. The molecule has 5 nitrogen and oxygen atoms in total. The number of nitrogens with zero attached hydrogens (tertiary/aromatic N) is 4. The van der Waals surface area contributed by atoms with Crippen LogP contribution in [0.1, 0.15) is 11.1 Å². The maximum atomic E-state index is 4.49. The van der Waals surface area contributed by atoms with E-state index in [9.17, 15) is 0 Å². The Morgan fingerprint density at radius 2 is 1.92 bits per heavy atom. The smallest absolute Gasteiger partial charge is 0.198 e. The van der Waals surface area contributed by atoms with Crippen LogP contribution in [-0.4, -0.2) is 29.1 Å². The van der Waals surface area contributed by atoms with Crippen LogP contribution in [0.5, 0.6) is 0 Å². The van der Waals surface area contributed by atoms with Gasteiger partial charge in [0.05, 0.1) is 12.0 Å². The molecule has 2 heterocycles. The van der Waals surface area contributed by atoms with Gasteiger partial charge in [-0.25, -0.2) is 4.98 Å². The quantitative estimate of drug-likeness (QED) is 0.593. The van der Waals surface area contributed by atoms with Gasteiger partial charge in [-0.15, -0.1) is 0 Å².